The van der Waals surface area contributed by atoms with Crippen molar-refractivity contribution >= 4 is 50.8 Å². The van der Waals surface area contributed by atoms with Crippen molar-refractivity contribution in [1.29, 1.82) is 0 Å². The molecular weight excluding hydrogens is 315 g/mol. The first-order chi connectivity index (χ1) is 1.73. The van der Waals surface area contributed by atoms with Crippen LogP contribution in [0.4, 0.5) is 0 Å². The zero-order chi connectivity index (χ0) is 3.58. The molecule has 0 aromatic heterocycles. The monoisotopic (exact) mass is 318 g/mol. The van der Waals surface area contributed by atoms with Gasteiger partial charge < -0.3 is 16.4 Å². The van der Waals surface area contributed by atoms with E-state index in [9.17, 15) is 0 Å². The third-order valence-electron chi connectivity index (χ3n) is 0. The maximum atomic E-state index is 3.24. The third kappa shape index (κ3) is 78.4. The van der Waals surface area contributed by atoms with Crippen LogP contribution in [0.1, 0.15) is 0 Å². The summed E-state index contributed by atoms with van der Waals surface area (Å²) in [5.74, 6) is 0. The highest BCUT2D eigenvalue weighted by molar-refractivity contribution is 9.69. The van der Waals surface area contributed by atoms with E-state index in [0.29, 0.717) is 0 Å². The molecule has 0 aromatic rings. The average Bonchev–Trinajstić information content (AvgIpc) is 0.811. The molecule has 7 heteroatoms. The number of hydrogen-bond acceptors (Lipinski definition) is 0. The van der Waals surface area contributed by atoms with Crippen LogP contribution in [0.2, 0.25) is 0 Å². The molecule has 0 aliphatic heterocycles. The average molecular weight is 321 g/mol. The minimum Gasteiger partial charge on any atom is -0.412 e. The van der Waals surface area contributed by atoms with Crippen LogP contribution < -0.4 is 0 Å². The van der Waals surface area contributed by atoms with Crippen LogP contribution in [0.15, 0.2) is 0 Å². The van der Waals surface area contributed by atoms with Gasteiger partial charge in [-0.2, -0.15) is 42.2 Å². The third-order valence-corrected chi connectivity index (χ3v) is 0. The maximum absolute atomic E-state index is 3.24. The Balaban J connectivity index is -0.0000000150. The summed E-state index contributed by atoms with van der Waals surface area (Å²) < 4.78 is 0. The quantitative estimate of drug-likeness (QED) is 0.547. The molecule has 0 unspecified atom stereocenters. The number of rotatable bonds is 0. The van der Waals surface area contributed by atoms with Crippen molar-refractivity contribution in [3.05, 3.63) is 0 Å². The van der Waals surface area contributed by atoms with E-state index in [0.717, 1.165) is 0 Å². The molecule has 0 aromatic carbocycles. The molecule has 48 valence electrons. The molecule has 0 radical (unpaired) electrons. The van der Waals surface area contributed by atoms with Crippen molar-refractivity contribution in [1.82, 2.24) is 0 Å². The fourth-order valence-electron chi connectivity index (χ4n) is 0. The van der Waals surface area contributed by atoms with E-state index in [-0.39, 0.29) is 16.4 Å². The number of hydrogen-bond donors (Lipinski definition) is 0. The van der Waals surface area contributed by atoms with Crippen LogP contribution in [0.3, 0.4) is 0 Å². The summed E-state index contributed by atoms with van der Waals surface area (Å²) in [6.07, 6.45) is 0. The normalized spacial score (nSPS) is 3.86. The van der Waals surface area contributed by atoms with Gasteiger partial charge in [0.1, 0.15) is 0 Å². The predicted molar refractivity (Wildman–Crippen MR) is 43.4 cm³/mol. The molecule has 6 N–H and O–H groups in total. The van der Waals surface area contributed by atoms with Crippen molar-refractivity contribution in [3.63, 3.8) is 0 Å². The van der Waals surface area contributed by atoms with E-state index in [4.69, 9.17) is 0 Å². The van der Waals surface area contributed by atoms with Gasteiger partial charge in [-0.3, -0.25) is 0 Å². The number of halogens is 3. The second-order valence-electron chi connectivity index (χ2n) is 0.247. The highest BCUT2D eigenvalue weighted by atomic mass is 80.0. The molecule has 7 heavy (non-hydrogen) atoms. The molecule has 0 aliphatic carbocycles. The fraction of sp³-hybridized carbons (Fsp3) is 0. The minimum atomic E-state index is -0.701. The van der Waals surface area contributed by atoms with Gasteiger partial charge in [0.15, 0.2) is 0 Å². The standard InChI is InChI=1S/Al.3BrH.3H2O/h;3*1H;3*1H2/q+3;;;;;;/p-3. The highest BCUT2D eigenvalue weighted by Gasteiger charge is 1.95. The molecule has 0 rings (SSSR count). The summed E-state index contributed by atoms with van der Waals surface area (Å²) in [7, 11) is -0.701. The van der Waals surface area contributed by atoms with Crippen molar-refractivity contribution in [3.8, 4) is 0 Å². The van der Waals surface area contributed by atoms with Crippen LogP contribution in [0.25, 0.3) is 0 Å². The Morgan fingerprint density at radius 1 is 0.714 bits per heavy atom. The first-order valence-electron chi connectivity index (χ1n) is 0.655. The Labute approximate surface area is 66.7 Å². The van der Waals surface area contributed by atoms with E-state index in [1.165, 1.54) is 0 Å². The molecule has 0 amide bonds. The van der Waals surface area contributed by atoms with Gasteiger partial charge in [-0.05, 0) is 0 Å². The summed E-state index contributed by atoms with van der Waals surface area (Å²) in [6.45, 7) is 0. The van der Waals surface area contributed by atoms with Crippen LogP contribution in [0.5, 0.6) is 0 Å². The summed E-state index contributed by atoms with van der Waals surface area (Å²) in [4.78, 5) is 0. The molecule has 0 saturated carbocycles. The Hall–Kier alpha value is 1.85. The zero-order valence-corrected chi connectivity index (χ0v) is 9.12. The van der Waals surface area contributed by atoms with Gasteiger partial charge in [0, 0.05) is 0 Å². The first kappa shape index (κ1) is 23.2. The summed E-state index contributed by atoms with van der Waals surface area (Å²) in [5, 5.41) is 0. The zero-order valence-electron chi connectivity index (χ0n) is 3.21. The van der Waals surface area contributed by atoms with E-state index in [1.54, 1.807) is 0 Å². The predicted octanol–water partition coefficient (Wildman–Crippen LogP) is -0.318. The Bertz CT molecular complexity index is 14.9. The Morgan fingerprint density at radius 3 is 0.714 bits per heavy atom. The summed E-state index contributed by atoms with van der Waals surface area (Å²) in [6, 6.07) is 0. The van der Waals surface area contributed by atoms with Crippen molar-refractivity contribution in [2.75, 3.05) is 0 Å². The smallest absolute Gasteiger partial charge is 0.412 e. The van der Waals surface area contributed by atoms with E-state index < -0.39 is 8.67 Å². The first-order valence-corrected chi connectivity index (χ1v) is 10.2. The van der Waals surface area contributed by atoms with Crippen LogP contribution >= 0.6 is 42.2 Å². The van der Waals surface area contributed by atoms with E-state index in [1.807, 2.05) is 0 Å². The summed E-state index contributed by atoms with van der Waals surface area (Å²) >= 11 is 9.73. The lowest BCUT2D eigenvalue weighted by molar-refractivity contribution is 0.823. The van der Waals surface area contributed by atoms with Gasteiger partial charge in [-0.15, -0.1) is 0 Å². The van der Waals surface area contributed by atoms with Crippen molar-refractivity contribution in [2.24, 2.45) is 0 Å². The fourth-order valence-corrected chi connectivity index (χ4v) is 0. The Kier molecular flexibility index (Phi) is 51.9. The van der Waals surface area contributed by atoms with Crippen LogP contribution in [-0.4, -0.2) is 25.1 Å². The van der Waals surface area contributed by atoms with Crippen molar-refractivity contribution in [2.45, 2.75) is 0 Å². The van der Waals surface area contributed by atoms with Crippen molar-refractivity contribution < 1.29 is 16.4 Å². The van der Waals surface area contributed by atoms with Gasteiger partial charge in [-0.1, -0.05) is 0 Å². The molecule has 0 aliphatic rings. The van der Waals surface area contributed by atoms with Crippen LogP contribution in [-0.2, 0) is 0 Å². The van der Waals surface area contributed by atoms with Gasteiger partial charge in [0.05, 0.1) is 0 Å². The van der Waals surface area contributed by atoms with Crippen LogP contribution in [0, 0.1) is 0 Å². The lowest BCUT2D eigenvalue weighted by Crippen LogP contribution is -1.60. The SMILES string of the molecule is O.O.O.[Br][Al]([Br])[Br]. The summed E-state index contributed by atoms with van der Waals surface area (Å²) in [5.41, 5.74) is 0. The minimum absolute atomic E-state index is 0. The lowest BCUT2D eigenvalue weighted by Gasteiger charge is -1.59. The molecule has 3 nitrogen and oxygen atoms in total. The maximum Gasteiger partial charge on any atom is 0.542 e. The second-order valence-corrected chi connectivity index (χ2v) is 20.0. The molecule has 0 saturated heterocycles. The van der Waals surface area contributed by atoms with E-state index >= 15 is 0 Å². The topological polar surface area (TPSA) is 94.5 Å². The molecule has 0 bridgehead atoms. The van der Waals surface area contributed by atoms with Gasteiger partial charge in [0.2, 0.25) is 0 Å². The molecule has 0 atom stereocenters. The second kappa shape index (κ2) is 15.7. The molecule has 0 spiro atoms. The Morgan fingerprint density at radius 2 is 0.714 bits per heavy atom. The van der Waals surface area contributed by atoms with Gasteiger partial charge in [0.25, 0.3) is 0 Å². The molecular formula is H6AlBr3O3. The van der Waals surface area contributed by atoms with Gasteiger partial charge in [-0.25, -0.2) is 0 Å². The lowest BCUT2D eigenvalue weighted by atomic mass is 16.0. The highest BCUT2D eigenvalue weighted by Crippen LogP contribution is 2.07. The largest absolute Gasteiger partial charge is 0.542 e. The van der Waals surface area contributed by atoms with Gasteiger partial charge >= 0.3 is 8.67 Å². The van der Waals surface area contributed by atoms with E-state index in [2.05, 4.69) is 42.2 Å². The molecule has 0 fully saturated rings. The molecule has 0 heterocycles.